The van der Waals surface area contributed by atoms with Gasteiger partial charge in [0, 0.05) is 5.02 Å². The van der Waals surface area contributed by atoms with Gasteiger partial charge < -0.3 is 4.79 Å². The first-order valence-corrected chi connectivity index (χ1v) is 6.76. The highest BCUT2D eigenvalue weighted by Crippen LogP contribution is 2.50. The second-order valence-corrected chi connectivity index (χ2v) is 6.53. The van der Waals surface area contributed by atoms with E-state index in [2.05, 4.69) is 0 Å². The van der Waals surface area contributed by atoms with Crippen LogP contribution in [0.25, 0.3) is 0 Å². The van der Waals surface area contributed by atoms with Crippen LogP contribution >= 0.6 is 11.6 Å². The van der Waals surface area contributed by atoms with E-state index in [1.807, 2.05) is 0 Å². The van der Waals surface area contributed by atoms with Crippen molar-refractivity contribution in [1.82, 2.24) is 0 Å². The van der Waals surface area contributed by atoms with Gasteiger partial charge in [0.2, 0.25) is 0 Å². The number of hydrogen-bond acceptors (Lipinski definition) is 4. The molecule has 1 aliphatic carbocycles. The summed E-state index contributed by atoms with van der Waals surface area (Å²) in [5, 5.41) is 8.31. The first kappa shape index (κ1) is 12.1. The Labute approximate surface area is 104 Å². The van der Waals surface area contributed by atoms with Gasteiger partial charge in [-0.25, -0.2) is 8.42 Å². The highest BCUT2D eigenvalue weighted by atomic mass is 35.5. The summed E-state index contributed by atoms with van der Waals surface area (Å²) in [6, 6.07) is 7.45. The monoisotopic (exact) mass is 269 g/mol. The van der Waals surface area contributed by atoms with E-state index < -0.39 is 20.5 Å². The number of halogens is 1. The summed E-state index contributed by atoms with van der Waals surface area (Å²) in [4.78, 5) is 10.8. The van der Waals surface area contributed by atoms with Crippen LogP contribution in [0.4, 0.5) is 0 Å². The summed E-state index contributed by atoms with van der Waals surface area (Å²) < 4.78 is 24.2. The summed E-state index contributed by atoms with van der Waals surface area (Å²) in [6.07, 6.45) is 0.489. The Balaban J connectivity index is 2.38. The van der Waals surface area contributed by atoms with E-state index in [0.717, 1.165) is 0 Å². The first-order valence-electron chi connectivity index (χ1n) is 4.83. The molecule has 1 aliphatic rings. The summed E-state index contributed by atoms with van der Waals surface area (Å²) in [5.74, 6) is 0. The van der Waals surface area contributed by atoms with Gasteiger partial charge in [0.1, 0.15) is 11.7 Å². The van der Waals surface area contributed by atoms with E-state index in [9.17, 15) is 13.2 Å². The average molecular weight is 270 g/mol. The quantitative estimate of drug-likeness (QED) is 0.781. The molecule has 2 atom stereocenters. The SMILES string of the molecule is N#C[C@]1(C=O)C[C@@H]1S(=O)(=O)c1ccc(Cl)cc1. The smallest absolute Gasteiger partial charge is 0.183 e. The van der Waals surface area contributed by atoms with Gasteiger partial charge in [-0.05, 0) is 30.7 Å². The predicted molar refractivity (Wildman–Crippen MR) is 61.2 cm³/mol. The predicted octanol–water partition coefficient (Wildman–Crippen LogP) is 1.59. The van der Waals surface area contributed by atoms with Crippen LogP contribution in [0.15, 0.2) is 29.2 Å². The molecular formula is C11H8ClNO3S. The van der Waals surface area contributed by atoms with Gasteiger partial charge in [0.15, 0.2) is 9.84 Å². The zero-order valence-corrected chi connectivity index (χ0v) is 10.2. The van der Waals surface area contributed by atoms with E-state index in [1.54, 1.807) is 6.07 Å². The fourth-order valence-corrected chi connectivity index (χ4v) is 3.82. The molecular weight excluding hydrogens is 262 g/mol. The molecule has 6 heteroatoms. The van der Waals surface area contributed by atoms with Crippen molar-refractivity contribution in [1.29, 1.82) is 5.26 Å². The highest BCUT2D eigenvalue weighted by molar-refractivity contribution is 7.92. The van der Waals surface area contributed by atoms with Gasteiger partial charge in [0.25, 0.3) is 0 Å². The van der Waals surface area contributed by atoms with E-state index in [1.165, 1.54) is 24.3 Å². The van der Waals surface area contributed by atoms with Gasteiger partial charge in [-0.1, -0.05) is 11.6 Å². The molecule has 2 rings (SSSR count). The normalized spacial score (nSPS) is 27.2. The Hall–Kier alpha value is -1.38. The topological polar surface area (TPSA) is 75.0 Å². The number of nitriles is 1. The number of benzene rings is 1. The molecule has 0 unspecified atom stereocenters. The van der Waals surface area contributed by atoms with Crippen LogP contribution in [0, 0.1) is 16.7 Å². The van der Waals surface area contributed by atoms with Crippen molar-refractivity contribution >= 4 is 27.7 Å². The number of nitrogens with zero attached hydrogens (tertiary/aromatic N) is 1. The van der Waals surface area contributed by atoms with Crippen LogP contribution < -0.4 is 0 Å². The molecule has 4 nitrogen and oxygen atoms in total. The Morgan fingerprint density at radius 1 is 1.41 bits per heavy atom. The second kappa shape index (κ2) is 3.83. The van der Waals surface area contributed by atoms with Crippen molar-refractivity contribution in [2.24, 2.45) is 5.41 Å². The zero-order chi connectivity index (χ0) is 12.7. The fourth-order valence-electron chi connectivity index (χ4n) is 1.69. The zero-order valence-electron chi connectivity index (χ0n) is 8.63. The molecule has 0 radical (unpaired) electrons. The van der Waals surface area contributed by atoms with E-state index in [4.69, 9.17) is 16.9 Å². The molecule has 0 saturated heterocycles. The summed E-state index contributed by atoms with van der Waals surface area (Å²) in [7, 11) is -3.63. The maximum atomic E-state index is 12.1. The molecule has 17 heavy (non-hydrogen) atoms. The number of carbonyl (C=O) groups excluding carboxylic acids is 1. The lowest BCUT2D eigenvalue weighted by molar-refractivity contribution is -0.110. The van der Waals surface area contributed by atoms with Crippen molar-refractivity contribution in [3.63, 3.8) is 0 Å². The summed E-state index contributed by atoms with van der Waals surface area (Å²) in [6.45, 7) is 0. The average Bonchev–Trinajstić information content (AvgIpc) is 3.06. The minimum absolute atomic E-state index is 0.0674. The molecule has 0 bridgehead atoms. The van der Waals surface area contributed by atoms with Crippen molar-refractivity contribution in [2.75, 3.05) is 0 Å². The van der Waals surface area contributed by atoms with Crippen LogP contribution in [0.2, 0.25) is 5.02 Å². The van der Waals surface area contributed by atoms with E-state index >= 15 is 0 Å². The molecule has 0 N–H and O–H groups in total. The Morgan fingerprint density at radius 3 is 2.41 bits per heavy atom. The largest absolute Gasteiger partial charge is 0.302 e. The molecule has 1 saturated carbocycles. The van der Waals surface area contributed by atoms with E-state index in [-0.39, 0.29) is 11.3 Å². The first-order chi connectivity index (χ1) is 7.96. The van der Waals surface area contributed by atoms with Crippen molar-refractivity contribution in [3.05, 3.63) is 29.3 Å². The number of sulfone groups is 1. The Morgan fingerprint density at radius 2 is 2.00 bits per heavy atom. The lowest BCUT2D eigenvalue weighted by Crippen LogP contribution is -2.16. The number of aldehydes is 1. The number of hydrogen-bond donors (Lipinski definition) is 0. The Bertz CT molecular complexity index is 603. The maximum Gasteiger partial charge on any atom is 0.183 e. The number of rotatable bonds is 3. The second-order valence-electron chi connectivity index (χ2n) is 3.96. The lowest BCUT2D eigenvalue weighted by Gasteiger charge is -2.04. The summed E-state index contributed by atoms with van der Waals surface area (Å²) in [5.41, 5.74) is -1.36. The summed E-state index contributed by atoms with van der Waals surface area (Å²) >= 11 is 5.66. The van der Waals surface area contributed by atoms with Crippen LogP contribution in [-0.2, 0) is 14.6 Å². The third-order valence-corrected chi connectivity index (χ3v) is 5.39. The van der Waals surface area contributed by atoms with Crippen molar-refractivity contribution in [2.45, 2.75) is 16.6 Å². The van der Waals surface area contributed by atoms with Gasteiger partial charge in [-0.15, -0.1) is 0 Å². The molecule has 88 valence electrons. The lowest BCUT2D eigenvalue weighted by atomic mass is 10.2. The van der Waals surface area contributed by atoms with Crippen LogP contribution in [0.1, 0.15) is 6.42 Å². The maximum absolute atomic E-state index is 12.1. The van der Waals surface area contributed by atoms with Crippen LogP contribution in [0.3, 0.4) is 0 Å². The van der Waals surface area contributed by atoms with Crippen LogP contribution in [-0.4, -0.2) is 20.0 Å². The van der Waals surface area contributed by atoms with Gasteiger partial charge >= 0.3 is 0 Å². The number of carbonyl (C=O) groups is 1. The van der Waals surface area contributed by atoms with Crippen molar-refractivity contribution < 1.29 is 13.2 Å². The molecule has 0 heterocycles. The van der Waals surface area contributed by atoms with Crippen LogP contribution in [0.5, 0.6) is 0 Å². The molecule has 0 aromatic heterocycles. The fraction of sp³-hybridized carbons (Fsp3) is 0.273. The molecule has 0 spiro atoms. The minimum Gasteiger partial charge on any atom is -0.302 e. The van der Waals surface area contributed by atoms with Gasteiger partial charge in [0.05, 0.1) is 16.2 Å². The molecule has 0 aliphatic heterocycles. The molecule has 0 amide bonds. The van der Waals surface area contributed by atoms with E-state index in [0.29, 0.717) is 11.3 Å². The third kappa shape index (κ3) is 1.84. The molecule has 1 aromatic carbocycles. The Kier molecular flexibility index (Phi) is 2.72. The highest BCUT2D eigenvalue weighted by Gasteiger charge is 2.62. The standard InChI is InChI=1S/C11H8ClNO3S/c12-8-1-3-9(4-2-8)17(15,16)10-5-11(10,6-13)7-14/h1-4,7,10H,5H2/t10-,11-/m0/s1. The van der Waals surface area contributed by atoms with Gasteiger partial charge in [-0.2, -0.15) is 5.26 Å². The minimum atomic E-state index is -3.63. The molecule has 1 aromatic rings. The van der Waals surface area contributed by atoms with Crippen molar-refractivity contribution in [3.8, 4) is 6.07 Å². The van der Waals surface area contributed by atoms with Gasteiger partial charge in [-0.3, -0.25) is 0 Å². The third-order valence-electron chi connectivity index (χ3n) is 2.87. The molecule has 1 fully saturated rings.